The van der Waals surface area contributed by atoms with E-state index in [-0.39, 0.29) is 0 Å². The molecule has 2 heteroatoms. The van der Waals surface area contributed by atoms with Gasteiger partial charge in [-0.1, -0.05) is 12.2 Å². The van der Waals surface area contributed by atoms with Gasteiger partial charge in [0.25, 0.3) is 0 Å². The number of rotatable bonds is 0. The minimum atomic E-state index is 0.339. The van der Waals surface area contributed by atoms with Crippen molar-refractivity contribution in [3.8, 4) is 0 Å². The quantitative estimate of drug-likeness (QED) is 0.492. The van der Waals surface area contributed by atoms with E-state index in [0.29, 0.717) is 12.2 Å². The Bertz CT molecular complexity index is 154. The van der Waals surface area contributed by atoms with E-state index in [0.717, 1.165) is 32.5 Å². The van der Waals surface area contributed by atoms with E-state index in [2.05, 4.69) is 12.2 Å². The molecule has 2 aliphatic heterocycles. The summed E-state index contributed by atoms with van der Waals surface area (Å²) in [6.07, 6.45) is 8.28. The van der Waals surface area contributed by atoms with Gasteiger partial charge in [0, 0.05) is 6.61 Å². The summed E-state index contributed by atoms with van der Waals surface area (Å²) < 4.78 is 11.1. The van der Waals surface area contributed by atoms with Gasteiger partial charge in [-0.25, -0.2) is 0 Å². The van der Waals surface area contributed by atoms with Crippen LogP contribution in [0.4, 0.5) is 0 Å². The van der Waals surface area contributed by atoms with Gasteiger partial charge in [0.2, 0.25) is 0 Å². The summed E-state index contributed by atoms with van der Waals surface area (Å²) in [7, 11) is 0. The third-order valence-corrected chi connectivity index (χ3v) is 2.30. The summed E-state index contributed by atoms with van der Waals surface area (Å²) >= 11 is 0. The smallest absolute Gasteiger partial charge is 0.0871 e. The highest BCUT2D eigenvalue weighted by atomic mass is 16.6. The molecule has 2 heterocycles. The standard InChI is InChI=1S/C9H14O2/c1-2-4-8-9(5-7-11-8)10-6-3-1/h1-2,8-9H,3-7H2/b2-1-. The Kier molecular flexibility index (Phi) is 2.24. The molecule has 0 bridgehead atoms. The molecule has 2 atom stereocenters. The summed E-state index contributed by atoms with van der Waals surface area (Å²) in [6.45, 7) is 1.74. The summed E-state index contributed by atoms with van der Waals surface area (Å²) in [5.41, 5.74) is 0. The van der Waals surface area contributed by atoms with E-state index in [1.54, 1.807) is 0 Å². The zero-order valence-corrected chi connectivity index (χ0v) is 6.66. The van der Waals surface area contributed by atoms with Crippen LogP contribution in [0.2, 0.25) is 0 Å². The van der Waals surface area contributed by atoms with Crippen molar-refractivity contribution in [3.63, 3.8) is 0 Å². The number of hydrogen-bond acceptors (Lipinski definition) is 2. The first-order valence-electron chi connectivity index (χ1n) is 4.35. The van der Waals surface area contributed by atoms with E-state index in [9.17, 15) is 0 Å². The van der Waals surface area contributed by atoms with Gasteiger partial charge < -0.3 is 9.47 Å². The van der Waals surface area contributed by atoms with Gasteiger partial charge in [-0.2, -0.15) is 0 Å². The predicted octanol–water partition coefficient (Wildman–Crippen LogP) is 1.51. The van der Waals surface area contributed by atoms with Crippen LogP contribution >= 0.6 is 0 Å². The molecule has 2 unspecified atom stereocenters. The van der Waals surface area contributed by atoms with E-state index in [4.69, 9.17) is 9.47 Å². The Morgan fingerprint density at radius 3 is 2.91 bits per heavy atom. The molecule has 0 aliphatic carbocycles. The fourth-order valence-corrected chi connectivity index (χ4v) is 1.67. The first kappa shape index (κ1) is 7.32. The monoisotopic (exact) mass is 154 g/mol. The average Bonchev–Trinajstić information content (AvgIpc) is 2.35. The molecular weight excluding hydrogens is 140 g/mol. The second-order valence-electron chi connectivity index (χ2n) is 3.10. The Hall–Kier alpha value is -0.340. The van der Waals surface area contributed by atoms with Crippen LogP contribution in [0.3, 0.4) is 0 Å². The van der Waals surface area contributed by atoms with Crippen molar-refractivity contribution in [2.75, 3.05) is 13.2 Å². The highest BCUT2D eigenvalue weighted by molar-refractivity contribution is 4.91. The lowest BCUT2D eigenvalue weighted by Crippen LogP contribution is -2.25. The average molecular weight is 154 g/mol. The second kappa shape index (κ2) is 3.37. The fourth-order valence-electron chi connectivity index (χ4n) is 1.67. The molecule has 1 fully saturated rings. The summed E-state index contributed by atoms with van der Waals surface area (Å²) in [5.74, 6) is 0. The predicted molar refractivity (Wildman–Crippen MR) is 42.5 cm³/mol. The molecule has 1 saturated heterocycles. The van der Waals surface area contributed by atoms with Crippen LogP contribution in [0.5, 0.6) is 0 Å². The molecule has 2 aliphatic rings. The van der Waals surface area contributed by atoms with Crippen LogP contribution < -0.4 is 0 Å². The zero-order chi connectivity index (χ0) is 7.52. The first-order valence-corrected chi connectivity index (χ1v) is 4.35. The third kappa shape index (κ3) is 1.63. The van der Waals surface area contributed by atoms with Crippen LogP contribution in [0.25, 0.3) is 0 Å². The fraction of sp³-hybridized carbons (Fsp3) is 0.778. The van der Waals surface area contributed by atoms with Crippen LogP contribution in [0.1, 0.15) is 19.3 Å². The Balaban J connectivity index is 1.98. The maximum Gasteiger partial charge on any atom is 0.0871 e. The van der Waals surface area contributed by atoms with Crippen LogP contribution in [-0.4, -0.2) is 25.4 Å². The summed E-state index contributed by atoms with van der Waals surface area (Å²) in [5, 5.41) is 0. The van der Waals surface area contributed by atoms with Crippen molar-refractivity contribution in [2.45, 2.75) is 31.5 Å². The van der Waals surface area contributed by atoms with E-state index in [1.807, 2.05) is 0 Å². The van der Waals surface area contributed by atoms with Crippen molar-refractivity contribution in [1.82, 2.24) is 0 Å². The maximum atomic E-state index is 5.63. The summed E-state index contributed by atoms with van der Waals surface area (Å²) in [4.78, 5) is 0. The van der Waals surface area contributed by atoms with Crippen LogP contribution in [0, 0.1) is 0 Å². The lowest BCUT2D eigenvalue weighted by atomic mass is 10.1. The van der Waals surface area contributed by atoms with Gasteiger partial charge >= 0.3 is 0 Å². The lowest BCUT2D eigenvalue weighted by Gasteiger charge is -2.19. The van der Waals surface area contributed by atoms with Gasteiger partial charge in [-0.05, 0) is 19.3 Å². The van der Waals surface area contributed by atoms with Gasteiger partial charge in [0.15, 0.2) is 0 Å². The molecule has 11 heavy (non-hydrogen) atoms. The molecule has 2 nitrogen and oxygen atoms in total. The molecule has 0 N–H and O–H groups in total. The van der Waals surface area contributed by atoms with Crippen molar-refractivity contribution in [2.24, 2.45) is 0 Å². The van der Waals surface area contributed by atoms with Crippen molar-refractivity contribution < 1.29 is 9.47 Å². The molecule has 0 amide bonds. The molecule has 0 radical (unpaired) electrons. The Labute approximate surface area is 67.2 Å². The second-order valence-corrected chi connectivity index (χ2v) is 3.10. The van der Waals surface area contributed by atoms with E-state index in [1.165, 1.54) is 0 Å². The normalized spacial score (nSPS) is 40.7. The van der Waals surface area contributed by atoms with E-state index < -0.39 is 0 Å². The zero-order valence-electron chi connectivity index (χ0n) is 6.66. The van der Waals surface area contributed by atoms with Crippen molar-refractivity contribution in [3.05, 3.63) is 12.2 Å². The summed E-state index contributed by atoms with van der Waals surface area (Å²) in [6, 6.07) is 0. The van der Waals surface area contributed by atoms with Crippen molar-refractivity contribution in [1.29, 1.82) is 0 Å². The number of fused-ring (bicyclic) bond motifs is 1. The lowest BCUT2D eigenvalue weighted by molar-refractivity contribution is -0.00786. The maximum absolute atomic E-state index is 5.63. The number of hydrogen-bond donors (Lipinski definition) is 0. The molecule has 0 aromatic carbocycles. The molecular formula is C9H14O2. The molecule has 62 valence electrons. The highest BCUT2D eigenvalue weighted by Crippen LogP contribution is 2.21. The largest absolute Gasteiger partial charge is 0.375 e. The van der Waals surface area contributed by atoms with Gasteiger partial charge in [-0.15, -0.1) is 0 Å². The van der Waals surface area contributed by atoms with Gasteiger partial charge in [-0.3, -0.25) is 0 Å². The first-order chi connectivity index (χ1) is 5.47. The highest BCUT2D eigenvalue weighted by Gasteiger charge is 2.28. The molecule has 0 aromatic heterocycles. The van der Waals surface area contributed by atoms with E-state index >= 15 is 0 Å². The van der Waals surface area contributed by atoms with Gasteiger partial charge in [0.05, 0.1) is 18.8 Å². The van der Waals surface area contributed by atoms with Crippen molar-refractivity contribution >= 4 is 0 Å². The van der Waals surface area contributed by atoms with Gasteiger partial charge in [0.1, 0.15) is 0 Å². The number of ether oxygens (including phenoxy) is 2. The topological polar surface area (TPSA) is 18.5 Å². The van der Waals surface area contributed by atoms with Crippen LogP contribution in [0.15, 0.2) is 12.2 Å². The molecule has 2 rings (SSSR count). The third-order valence-electron chi connectivity index (χ3n) is 2.30. The Morgan fingerprint density at radius 2 is 1.91 bits per heavy atom. The van der Waals surface area contributed by atoms with Crippen LogP contribution in [-0.2, 0) is 9.47 Å². The molecule has 0 aromatic rings. The molecule has 0 saturated carbocycles. The minimum absolute atomic E-state index is 0.339. The Morgan fingerprint density at radius 1 is 1.00 bits per heavy atom. The minimum Gasteiger partial charge on any atom is -0.375 e. The molecule has 0 spiro atoms. The SMILES string of the molecule is C1=C\CC2OCCC2OCC/1.